The summed E-state index contributed by atoms with van der Waals surface area (Å²) in [5, 5.41) is 92.8. The zero-order chi connectivity index (χ0) is 82.5. The summed E-state index contributed by atoms with van der Waals surface area (Å²) in [6.07, 6.45) is -1.73. The number of rotatable bonds is 49. The third-order valence-corrected chi connectivity index (χ3v) is 16.9. The SMILES string of the molecule is CC[C@H](C)[C@H](NC(=O)[C@H](CO)NC(=O)[C@H](Cc1ccc(O)cc1)NC(=O)[C@H](CC(C)C)NC(=O)[C@H](CC(C)C)NC(=O)[C@H](CO)NC(=O)[C@H](Cc1ccc(O)cc1)NC(=O)[C@H](C)NC(=O)[C@@H](NC(=O)[C@H](CCC(N)=O)NC(=O)CN)[C@@H](C)CC)C(=O)NCC(=O)N[C@@H](CC(N)=O)C(=O)NCC(=O)N[C@@H](CO)C(=O)O. The first-order chi connectivity index (χ1) is 51.2. The van der Waals surface area contributed by atoms with E-state index in [1.165, 1.54) is 62.4 Å². The lowest BCUT2D eigenvalue weighted by atomic mass is 9.97. The molecule has 0 heterocycles. The van der Waals surface area contributed by atoms with Crippen LogP contribution in [0.3, 0.4) is 0 Å². The van der Waals surface area contributed by atoms with Gasteiger partial charge in [0.25, 0.3) is 0 Å². The number of carboxylic acids is 1. The average molecular weight is 1540 g/mol. The van der Waals surface area contributed by atoms with E-state index in [1.54, 1.807) is 48.5 Å². The molecule has 0 aromatic heterocycles. The third kappa shape index (κ3) is 34.1. The van der Waals surface area contributed by atoms with E-state index in [9.17, 15) is 102 Å². The standard InChI is InChI=1S/C69H107N17O23/c1-10-35(7)56(67(106)74-29-54(95)77-47(26-52(72)93)59(98)73-28-55(96)78-50(32-89)69(108)109)85-66(105)49(31-88)84-64(103)46(25-39-14-18-41(91)19-15-39)82-62(101)43(22-33(3)4)80-61(100)44(23-34(5)6)81-65(104)48(30-87)83-63(102)45(24-38-12-16-40(90)17-13-38)79-58(97)37(9)75-68(107)57(36(8)11-2)86-60(99)42(20-21-51(71)92)76-53(94)27-70/h12-19,33-37,42-50,56-57,87-91H,10-11,20-32,70H2,1-9H3,(H2,71,92)(H2,72,93)(H,73,98)(H,74,106)(H,75,107)(H,76,94)(H,77,95)(H,78,96)(H,79,97)(H,80,100)(H,81,104)(H,82,101)(H,83,102)(H,84,103)(H,85,105)(H,86,99)(H,108,109)/t35-,36-,37-,42-,43-,44-,45-,46-,47-,48-,49-,50-,56-,57-/m0/s1. The fourth-order valence-electron chi connectivity index (χ4n) is 10.3. The summed E-state index contributed by atoms with van der Waals surface area (Å²) in [4.78, 5) is 226. The maximum Gasteiger partial charge on any atom is 0.328 e. The molecule has 0 spiro atoms. The highest BCUT2D eigenvalue weighted by Gasteiger charge is 2.38. The topological polar surface area (TPSA) is 658 Å². The molecule has 0 saturated heterocycles. The van der Waals surface area contributed by atoms with Crippen LogP contribution in [0.25, 0.3) is 0 Å². The first-order valence-electron chi connectivity index (χ1n) is 35.3. The fourth-order valence-corrected chi connectivity index (χ4v) is 10.3. The number of hydrogen-bond acceptors (Lipinski definition) is 23. The molecular weight excluding hydrogens is 1430 g/mol. The first-order valence-corrected chi connectivity index (χ1v) is 35.3. The molecule has 14 atom stereocenters. The highest BCUT2D eigenvalue weighted by Crippen LogP contribution is 2.17. The second-order valence-corrected chi connectivity index (χ2v) is 26.9. The second kappa shape index (κ2) is 47.5. The number of carboxylic acid groups (broad SMARTS) is 1. The van der Waals surface area contributed by atoms with Gasteiger partial charge in [0.05, 0.1) is 45.9 Å². The molecule has 0 aliphatic rings. The van der Waals surface area contributed by atoms with Crippen LogP contribution in [0.2, 0.25) is 0 Å². The number of carbonyl (C=O) groups is 17. The Balaban J connectivity index is 2.43. The van der Waals surface area contributed by atoms with E-state index in [0.29, 0.717) is 17.5 Å². The van der Waals surface area contributed by atoms with Gasteiger partial charge >= 0.3 is 5.97 Å². The van der Waals surface area contributed by atoms with Crippen molar-refractivity contribution >= 4 is 100 Å². The number of hydrogen-bond donors (Lipinski definition) is 23. The van der Waals surface area contributed by atoms with Gasteiger partial charge in [-0.1, -0.05) is 92.5 Å². The van der Waals surface area contributed by atoms with Gasteiger partial charge in [-0.15, -0.1) is 0 Å². The second-order valence-electron chi connectivity index (χ2n) is 26.9. The van der Waals surface area contributed by atoms with Crippen LogP contribution < -0.4 is 91.6 Å². The van der Waals surface area contributed by atoms with E-state index in [2.05, 4.69) is 69.1 Å². The summed E-state index contributed by atoms with van der Waals surface area (Å²) in [7, 11) is 0. The first kappa shape index (κ1) is 94.0. The maximum absolute atomic E-state index is 14.6. The Labute approximate surface area is 629 Å². The van der Waals surface area contributed by atoms with Gasteiger partial charge in [0.15, 0.2) is 0 Å². The van der Waals surface area contributed by atoms with E-state index in [1.807, 2.05) is 5.32 Å². The van der Waals surface area contributed by atoms with Crippen LogP contribution in [-0.2, 0) is 94.3 Å². The van der Waals surface area contributed by atoms with E-state index < -0.39 is 231 Å². The van der Waals surface area contributed by atoms with Gasteiger partial charge < -0.3 is 122 Å². The van der Waals surface area contributed by atoms with Gasteiger partial charge in [0.1, 0.15) is 84.0 Å². The molecule has 0 aliphatic carbocycles. The predicted octanol–water partition coefficient (Wildman–Crippen LogP) is -7.70. The highest BCUT2D eigenvalue weighted by atomic mass is 16.4. The number of primary amides is 2. The number of amides is 16. The Kier molecular flexibility index (Phi) is 41.0. The Morgan fingerprint density at radius 1 is 0.376 bits per heavy atom. The predicted molar refractivity (Wildman–Crippen MR) is 386 cm³/mol. The molecule has 2 aromatic rings. The summed E-state index contributed by atoms with van der Waals surface area (Å²) >= 11 is 0. The summed E-state index contributed by atoms with van der Waals surface area (Å²) in [6, 6.07) is -8.13. The third-order valence-electron chi connectivity index (χ3n) is 16.9. The van der Waals surface area contributed by atoms with Crippen molar-refractivity contribution in [2.75, 3.05) is 39.5 Å². The molecule has 0 radical (unpaired) electrons. The summed E-state index contributed by atoms with van der Waals surface area (Å²) in [6.45, 7) is 9.11. The zero-order valence-electron chi connectivity index (χ0n) is 62.3. The van der Waals surface area contributed by atoms with Gasteiger partial charge in [0.2, 0.25) is 94.5 Å². The van der Waals surface area contributed by atoms with Crippen molar-refractivity contribution in [1.29, 1.82) is 0 Å². The Hall–Kier alpha value is -11.1. The number of nitrogens with one attached hydrogen (secondary N) is 14. The van der Waals surface area contributed by atoms with E-state index >= 15 is 0 Å². The molecule has 0 aliphatic heterocycles. The molecule has 2 aromatic carbocycles. The highest BCUT2D eigenvalue weighted by molar-refractivity contribution is 6.00. The monoisotopic (exact) mass is 1540 g/mol. The van der Waals surface area contributed by atoms with E-state index in [-0.39, 0.29) is 68.3 Å². The Morgan fingerprint density at radius 2 is 0.725 bits per heavy atom. The van der Waals surface area contributed by atoms with Crippen LogP contribution in [0.1, 0.15) is 118 Å². The van der Waals surface area contributed by atoms with Gasteiger partial charge in [-0.3, -0.25) is 76.7 Å². The Morgan fingerprint density at radius 3 is 1.11 bits per heavy atom. The van der Waals surface area contributed by atoms with Crippen LogP contribution in [0.5, 0.6) is 11.5 Å². The van der Waals surface area contributed by atoms with Crippen molar-refractivity contribution < 1.29 is 112 Å². The lowest BCUT2D eigenvalue weighted by molar-refractivity contribution is -0.143. The number of aliphatic carboxylic acids is 1. The molecule has 0 unspecified atom stereocenters. The molecule has 0 bridgehead atoms. The molecule has 606 valence electrons. The molecule has 0 fully saturated rings. The number of benzene rings is 2. The van der Waals surface area contributed by atoms with Crippen LogP contribution in [0.4, 0.5) is 0 Å². The number of phenolic OH excluding ortho intramolecular Hbond substituents is 2. The number of aromatic hydroxyl groups is 2. The molecule has 40 nitrogen and oxygen atoms in total. The van der Waals surface area contributed by atoms with Crippen molar-refractivity contribution in [1.82, 2.24) is 74.4 Å². The van der Waals surface area contributed by atoms with Crippen molar-refractivity contribution in [3.8, 4) is 11.5 Å². The lowest BCUT2D eigenvalue weighted by Crippen LogP contribution is -2.62. The molecule has 2 rings (SSSR count). The van der Waals surface area contributed by atoms with E-state index in [4.69, 9.17) is 27.4 Å². The van der Waals surface area contributed by atoms with E-state index in [0.717, 1.165) is 0 Å². The van der Waals surface area contributed by atoms with Crippen LogP contribution >= 0.6 is 0 Å². The van der Waals surface area contributed by atoms with Crippen molar-refractivity contribution in [3.63, 3.8) is 0 Å². The summed E-state index contributed by atoms with van der Waals surface area (Å²) in [5.74, 6) is -19.9. The number of phenols is 2. The van der Waals surface area contributed by atoms with Gasteiger partial charge in [-0.2, -0.15) is 0 Å². The molecule has 0 saturated carbocycles. The van der Waals surface area contributed by atoms with Gasteiger partial charge in [-0.25, -0.2) is 4.79 Å². The summed E-state index contributed by atoms with van der Waals surface area (Å²) < 4.78 is 0. The van der Waals surface area contributed by atoms with Crippen molar-refractivity contribution in [2.45, 2.75) is 193 Å². The minimum atomic E-state index is -1.85. The quantitative estimate of drug-likeness (QED) is 0.0293. The normalized spacial score (nSPS) is 14.9. The number of nitrogens with two attached hydrogens (primary N) is 3. The van der Waals surface area contributed by atoms with Crippen LogP contribution in [0.15, 0.2) is 48.5 Å². The van der Waals surface area contributed by atoms with Gasteiger partial charge in [0, 0.05) is 19.3 Å². The van der Waals surface area contributed by atoms with Gasteiger partial charge in [-0.05, 0) is 85.3 Å². The van der Waals surface area contributed by atoms with Crippen molar-refractivity contribution in [3.05, 3.63) is 59.7 Å². The minimum Gasteiger partial charge on any atom is -0.508 e. The Bertz CT molecular complexity index is 3470. The zero-order valence-corrected chi connectivity index (χ0v) is 62.3. The lowest BCUT2D eigenvalue weighted by Gasteiger charge is -2.29. The maximum atomic E-state index is 14.6. The smallest absolute Gasteiger partial charge is 0.328 e. The van der Waals surface area contributed by atoms with Crippen LogP contribution in [-0.4, -0.2) is 243 Å². The van der Waals surface area contributed by atoms with Crippen molar-refractivity contribution in [2.24, 2.45) is 40.9 Å². The average Bonchev–Trinajstić information content (AvgIpc) is 0.852. The fraction of sp³-hybridized carbons (Fsp3) is 0.580. The molecular formula is C69H107N17O23. The molecule has 109 heavy (non-hydrogen) atoms. The van der Waals surface area contributed by atoms with Crippen LogP contribution in [0, 0.1) is 23.7 Å². The number of carbonyl (C=O) groups excluding carboxylic acids is 16. The number of aliphatic hydroxyl groups excluding tert-OH is 3. The minimum absolute atomic E-state index is 0.110. The molecule has 26 N–H and O–H groups in total. The largest absolute Gasteiger partial charge is 0.508 e. The molecule has 16 amide bonds. The summed E-state index contributed by atoms with van der Waals surface area (Å²) in [5.41, 5.74) is 16.6. The number of aliphatic hydroxyl groups is 3. The molecule has 40 heteroatoms.